The van der Waals surface area contributed by atoms with Gasteiger partial charge in [0.25, 0.3) is 0 Å². The van der Waals surface area contributed by atoms with Gasteiger partial charge in [0.15, 0.2) is 12.3 Å². The van der Waals surface area contributed by atoms with Gasteiger partial charge in [-0.15, -0.1) is 0 Å². The summed E-state index contributed by atoms with van der Waals surface area (Å²) in [7, 11) is 1.22. The second-order valence-electron chi connectivity index (χ2n) is 13.2. The Bertz CT molecular complexity index is 1710. The molecule has 0 bridgehead atoms. The van der Waals surface area contributed by atoms with Crippen LogP contribution in [0.5, 0.6) is 0 Å². The smallest absolute Gasteiger partial charge is 0.408 e. The van der Waals surface area contributed by atoms with Crippen LogP contribution in [-0.4, -0.2) is 68.3 Å². The number of nitrogens with one attached hydrogen (secondary N) is 1. The van der Waals surface area contributed by atoms with Gasteiger partial charge in [0.2, 0.25) is 0 Å². The molecule has 54 heavy (non-hydrogen) atoms. The van der Waals surface area contributed by atoms with Crippen LogP contribution in [0.1, 0.15) is 42.5 Å². The highest BCUT2D eigenvalue weighted by molar-refractivity contribution is 5.81. The number of amides is 1. The summed E-state index contributed by atoms with van der Waals surface area (Å²) in [6.45, 7) is 4.01. The second-order valence-corrected chi connectivity index (χ2v) is 13.2. The van der Waals surface area contributed by atoms with Crippen LogP contribution in [0.4, 0.5) is 4.79 Å². The zero-order valence-corrected chi connectivity index (χ0v) is 30.9. The molecule has 0 saturated carbocycles. The quantitative estimate of drug-likeness (QED) is 0.106. The number of carbonyl (C=O) groups is 3. The highest BCUT2D eigenvalue weighted by atomic mass is 16.7. The number of alkyl carbamates (subject to hydrolysis) is 1. The fourth-order valence-corrected chi connectivity index (χ4v) is 6.27. The second kappa shape index (κ2) is 21.1. The van der Waals surface area contributed by atoms with Crippen molar-refractivity contribution >= 4 is 17.8 Å². The Morgan fingerprint density at radius 1 is 0.685 bits per heavy atom. The van der Waals surface area contributed by atoms with Gasteiger partial charge in [-0.3, -0.25) is 0 Å². The van der Waals surface area contributed by atoms with Crippen LogP contribution in [0.25, 0.3) is 0 Å². The molecule has 1 aliphatic heterocycles. The first-order chi connectivity index (χ1) is 26.3. The average Bonchev–Trinajstić information content (AvgIpc) is 3.20. The molecular weight excluding hydrogens is 690 g/mol. The van der Waals surface area contributed by atoms with Gasteiger partial charge in [-0.1, -0.05) is 121 Å². The summed E-state index contributed by atoms with van der Waals surface area (Å²) in [4.78, 5) is 38.9. The molecule has 11 nitrogen and oxygen atoms in total. The summed E-state index contributed by atoms with van der Waals surface area (Å²) < 4.78 is 43.1. The molecule has 0 aliphatic carbocycles. The lowest BCUT2D eigenvalue weighted by Gasteiger charge is -2.47. The Morgan fingerprint density at radius 3 is 1.67 bits per heavy atom. The van der Waals surface area contributed by atoms with Crippen LogP contribution < -0.4 is 5.32 Å². The number of carbonyl (C=O) groups excluding carboxylic acids is 3. The van der Waals surface area contributed by atoms with E-state index >= 15 is 0 Å². The Hall–Kier alpha value is -4.91. The molecule has 0 aromatic heterocycles. The van der Waals surface area contributed by atoms with Gasteiger partial charge >= 0.3 is 12.1 Å². The zero-order chi connectivity index (χ0) is 38.1. The van der Waals surface area contributed by atoms with Crippen LogP contribution in [0.2, 0.25) is 0 Å². The number of hydrogen-bond donors (Lipinski definition) is 1. The topological polar surface area (TPSA) is 128 Å². The summed E-state index contributed by atoms with van der Waals surface area (Å²) in [6, 6.07) is 37.1. The molecule has 0 spiro atoms. The number of hydrogen-bond acceptors (Lipinski definition) is 10. The van der Waals surface area contributed by atoms with Crippen LogP contribution in [0, 0.1) is 5.92 Å². The number of methoxy groups -OCH3 is 1. The van der Waals surface area contributed by atoms with Crippen molar-refractivity contribution in [1.29, 1.82) is 0 Å². The van der Waals surface area contributed by atoms with Crippen molar-refractivity contribution in [1.82, 2.24) is 5.32 Å². The maximum absolute atomic E-state index is 13.1. The Labute approximate surface area is 316 Å². The fraction of sp³-hybridized carbons (Fsp3) is 0.372. The Kier molecular flexibility index (Phi) is 15.7. The Morgan fingerprint density at radius 2 is 1.17 bits per heavy atom. The molecular formula is C43H49NO10. The van der Waals surface area contributed by atoms with Gasteiger partial charge in [-0.05, 0) is 36.1 Å². The lowest BCUT2D eigenvalue weighted by molar-refractivity contribution is -0.314. The lowest BCUT2D eigenvalue weighted by Crippen LogP contribution is -2.60. The third-order valence-electron chi connectivity index (χ3n) is 9.02. The van der Waals surface area contributed by atoms with E-state index in [0.29, 0.717) is 6.61 Å². The van der Waals surface area contributed by atoms with E-state index in [1.807, 2.05) is 121 Å². The first-order valence-corrected chi connectivity index (χ1v) is 18.1. The van der Waals surface area contributed by atoms with Gasteiger partial charge in [0, 0.05) is 12.3 Å². The van der Waals surface area contributed by atoms with Crippen molar-refractivity contribution in [3.63, 3.8) is 0 Å². The van der Waals surface area contributed by atoms with Gasteiger partial charge in [0.05, 0.1) is 45.7 Å². The predicted octanol–water partition coefficient (Wildman–Crippen LogP) is 6.57. The molecule has 4 aromatic rings. The largest absolute Gasteiger partial charge is 0.467 e. The molecule has 0 radical (unpaired) electrons. The van der Waals surface area contributed by atoms with Crippen LogP contribution in [0.15, 0.2) is 121 Å². The third kappa shape index (κ3) is 12.3. The molecule has 1 heterocycles. The van der Waals surface area contributed by atoms with Gasteiger partial charge in [0.1, 0.15) is 24.6 Å². The number of ether oxygens (including phenoxy) is 7. The summed E-state index contributed by atoms with van der Waals surface area (Å²) in [5.41, 5.74) is 3.64. The molecule has 1 N–H and O–H groups in total. The minimum atomic E-state index is -1.27. The fourth-order valence-electron chi connectivity index (χ4n) is 6.27. The number of benzene rings is 4. The molecule has 286 valence electrons. The number of ketones is 1. The summed E-state index contributed by atoms with van der Waals surface area (Å²) in [5, 5.41) is 2.59. The van der Waals surface area contributed by atoms with E-state index in [1.165, 1.54) is 14.0 Å². The van der Waals surface area contributed by atoms with Crippen molar-refractivity contribution in [2.24, 2.45) is 5.92 Å². The van der Waals surface area contributed by atoms with Crippen molar-refractivity contribution in [2.75, 3.05) is 13.7 Å². The first kappa shape index (κ1) is 40.3. The molecule has 1 amide bonds. The van der Waals surface area contributed by atoms with Crippen molar-refractivity contribution in [3.8, 4) is 0 Å². The van der Waals surface area contributed by atoms with Crippen molar-refractivity contribution in [3.05, 3.63) is 144 Å². The van der Waals surface area contributed by atoms with Crippen LogP contribution >= 0.6 is 0 Å². The van der Waals surface area contributed by atoms with Gasteiger partial charge in [-0.2, -0.15) is 0 Å². The van der Waals surface area contributed by atoms with Crippen LogP contribution in [0.3, 0.4) is 0 Å². The van der Waals surface area contributed by atoms with E-state index in [-0.39, 0.29) is 38.6 Å². The maximum atomic E-state index is 13.1. The number of rotatable bonds is 19. The molecule has 5 rings (SSSR count). The highest BCUT2D eigenvalue weighted by Gasteiger charge is 2.49. The van der Waals surface area contributed by atoms with E-state index < -0.39 is 54.7 Å². The zero-order valence-electron chi connectivity index (χ0n) is 30.9. The van der Waals surface area contributed by atoms with E-state index in [9.17, 15) is 14.4 Å². The third-order valence-corrected chi connectivity index (χ3v) is 9.02. The monoisotopic (exact) mass is 739 g/mol. The molecule has 1 fully saturated rings. The van der Waals surface area contributed by atoms with Crippen molar-refractivity contribution < 1.29 is 47.5 Å². The molecule has 1 saturated heterocycles. The van der Waals surface area contributed by atoms with Gasteiger partial charge < -0.3 is 43.3 Å². The summed E-state index contributed by atoms with van der Waals surface area (Å²) >= 11 is 0. The van der Waals surface area contributed by atoms with E-state index in [4.69, 9.17) is 33.2 Å². The molecule has 0 unspecified atom stereocenters. The van der Waals surface area contributed by atoms with E-state index in [2.05, 4.69) is 5.32 Å². The number of Topliss-reactive ketones (excluding diaryl/α,β-unsaturated/α-hetero) is 1. The van der Waals surface area contributed by atoms with Gasteiger partial charge in [-0.25, -0.2) is 9.59 Å². The van der Waals surface area contributed by atoms with E-state index in [0.717, 1.165) is 22.3 Å². The summed E-state index contributed by atoms with van der Waals surface area (Å²) in [5.74, 6) is -1.55. The van der Waals surface area contributed by atoms with Crippen LogP contribution in [-0.2, 0) is 69.2 Å². The predicted molar refractivity (Wildman–Crippen MR) is 200 cm³/mol. The minimum Gasteiger partial charge on any atom is -0.467 e. The minimum absolute atomic E-state index is 0.00229. The van der Waals surface area contributed by atoms with Crippen molar-refractivity contribution in [2.45, 2.75) is 83.4 Å². The highest BCUT2D eigenvalue weighted by Crippen LogP contribution is 2.36. The molecule has 1 aliphatic rings. The first-order valence-electron chi connectivity index (χ1n) is 18.1. The Balaban J connectivity index is 1.41. The number of esters is 1. The lowest BCUT2D eigenvalue weighted by atomic mass is 9.86. The van der Waals surface area contributed by atoms with E-state index in [1.54, 1.807) is 6.92 Å². The maximum Gasteiger partial charge on any atom is 0.408 e. The summed E-state index contributed by atoms with van der Waals surface area (Å²) in [6.07, 6.45) is -5.01. The molecule has 4 aromatic carbocycles. The normalized spacial score (nSPS) is 20.7. The molecule has 11 heteroatoms. The standard InChI is InChI=1S/C43H49NO10/c1-30(45)24-36-39(50-26-33-18-10-5-11-19-33)40(51-27-34-20-12-6-13-21-34)37(29-49-25-32-16-8-4-9-17-32)54-42(36)53-31(2)38(41(46)48-3)44-43(47)52-28-35-22-14-7-15-23-35/h4-23,31,36-40,42H,24-29H2,1-3H3,(H,44,47)/t31-,36-,37-,38+,39-,40-,42-/m1/s1. The average molecular weight is 740 g/mol. The molecule has 7 atom stereocenters. The SMILES string of the molecule is COC(=O)[C@@H](NC(=O)OCc1ccccc1)[C@@H](C)O[C@@H]1O[C@H](COCc2ccccc2)[C@@H](OCc2ccccc2)[C@H](OCc2ccccc2)[C@H]1CC(C)=O.